The van der Waals surface area contributed by atoms with Gasteiger partial charge in [0.2, 0.25) is 0 Å². The highest BCUT2D eigenvalue weighted by Crippen LogP contribution is 2.22. The van der Waals surface area contributed by atoms with Gasteiger partial charge in [-0.15, -0.1) is 0 Å². The SMILES string of the molecule is CC(CCCCCOCCc1ccccc1)NCC(O)c1ccc(O)c(CO)c1. The first kappa shape index (κ1) is 23.4. The minimum Gasteiger partial charge on any atom is -0.508 e. The Labute approximate surface area is 174 Å². The van der Waals surface area contributed by atoms with E-state index in [2.05, 4.69) is 36.5 Å². The van der Waals surface area contributed by atoms with Crippen LogP contribution in [0.3, 0.4) is 0 Å². The summed E-state index contributed by atoms with van der Waals surface area (Å²) in [5.41, 5.74) is 2.44. The molecule has 0 aliphatic carbocycles. The predicted octanol–water partition coefficient (Wildman–Crippen LogP) is 3.72. The van der Waals surface area contributed by atoms with Gasteiger partial charge in [0.05, 0.1) is 19.3 Å². The fourth-order valence-electron chi connectivity index (χ4n) is 3.24. The molecule has 160 valence electrons. The lowest BCUT2D eigenvalue weighted by atomic mass is 10.0. The van der Waals surface area contributed by atoms with Crippen molar-refractivity contribution in [3.8, 4) is 5.75 Å². The zero-order valence-corrected chi connectivity index (χ0v) is 17.4. The quantitative estimate of drug-likeness (QED) is 0.363. The molecule has 2 atom stereocenters. The maximum Gasteiger partial charge on any atom is 0.121 e. The van der Waals surface area contributed by atoms with E-state index < -0.39 is 6.10 Å². The minimum absolute atomic E-state index is 0.0498. The van der Waals surface area contributed by atoms with Gasteiger partial charge in [0.25, 0.3) is 0 Å². The van der Waals surface area contributed by atoms with Gasteiger partial charge in [-0.2, -0.15) is 0 Å². The molecule has 0 fully saturated rings. The number of hydrogen-bond acceptors (Lipinski definition) is 5. The maximum atomic E-state index is 10.3. The van der Waals surface area contributed by atoms with Crippen LogP contribution in [0.5, 0.6) is 5.75 Å². The summed E-state index contributed by atoms with van der Waals surface area (Å²) < 4.78 is 5.72. The van der Waals surface area contributed by atoms with Crippen molar-refractivity contribution in [2.24, 2.45) is 0 Å². The number of ether oxygens (including phenoxy) is 1. The zero-order valence-electron chi connectivity index (χ0n) is 17.4. The second kappa shape index (κ2) is 13.3. The lowest BCUT2D eigenvalue weighted by Crippen LogP contribution is -2.30. The average molecular weight is 402 g/mol. The maximum absolute atomic E-state index is 10.3. The Morgan fingerprint density at radius 1 is 1.00 bits per heavy atom. The molecule has 5 heteroatoms. The second-order valence-electron chi connectivity index (χ2n) is 7.57. The van der Waals surface area contributed by atoms with Crippen LogP contribution >= 0.6 is 0 Å². The fraction of sp³-hybridized carbons (Fsp3) is 0.500. The Morgan fingerprint density at radius 3 is 2.55 bits per heavy atom. The van der Waals surface area contributed by atoms with Crippen molar-refractivity contribution in [3.05, 3.63) is 65.2 Å². The second-order valence-corrected chi connectivity index (χ2v) is 7.57. The lowest BCUT2D eigenvalue weighted by molar-refractivity contribution is 0.132. The summed E-state index contributed by atoms with van der Waals surface area (Å²) in [5, 5.41) is 32.5. The van der Waals surface area contributed by atoms with Gasteiger partial charge in [-0.1, -0.05) is 49.2 Å². The number of nitrogens with one attached hydrogen (secondary N) is 1. The van der Waals surface area contributed by atoms with Crippen LogP contribution in [-0.4, -0.2) is 41.1 Å². The summed E-state index contributed by atoms with van der Waals surface area (Å²) in [6.07, 6.45) is 4.68. The Bertz CT molecular complexity index is 693. The molecule has 2 rings (SSSR count). The molecule has 29 heavy (non-hydrogen) atoms. The van der Waals surface area contributed by atoms with Crippen molar-refractivity contribution in [2.45, 2.75) is 57.8 Å². The molecule has 0 aromatic heterocycles. The van der Waals surface area contributed by atoms with Crippen molar-refractivity contribution < 1.29 is 20.1 Å². The molecule has 0 aliphatic rings. The molecule has 0 saturated heterocycles. The highest BCUT2D eigenvalue weighted by Gasteiger charge is 2.11. The Kier molecular flexibility index (Phi) is 10.7. The fourth-order valence-corrected chi connectivity index (χ4v) is 3.24. The summed E-state index contributed by atoms with van der Waals surface area (Å²) >= 11 is 0. The van der Waals surface area contributed by atoms with E-state index in [0.29, 0.717) is 23.7 Å². The summed E-state index contributed by atoms with van der Waals surface area (Å²) in [6.45, 7) is 3.90. The van der Waals surface area contributed by atoms with Crippen molar-refractivity contribution in [3.63, 3.8) is 0 Å². The molecular weight excluding hydrogens is 366 g/mol. The summed E-state index contributed by atoms with van der Waals surface area (Å²) in [4.78, 5) is 0. The van der Waals surface area contributed by atoms with E-state index in [9.17, 15) is 15.3 Å². The summed E-state index contributed by atoms with van der Waals surface area (Å²) in [6, 6.07) is 15.5. The number of phenols is 1. The van der Waals surface area contributed by atoms with Crippen LogP contribution in [0.1, 0.15) is 55.4 Å². The first-order valence-corrected chi connectivity index (χ1v) is 10.6. The average Bonchev–Trinajstić information content (AvgIpc) is 2.75. The van der Waals surface area contributed by atoms with Gasteiger partial charge in [-0.25, -0.2) is 0 Å². The van der Waals surface area contributed by atoms with Gasteiger partial charge in [0.15, 0.2) is 0 Å². The predicted molar refractivity (Wildman–Crippen MR) is 116 cm³/mol. The van der Waals surface area contributed by atoms with Crippen LogP contribution in [0.4, 0.5) is 0 Å². The molecule has 4 N–H and O–H groups in total. The van der Waals surface area contributed by atoms with Gasteiger partial charge in [0.1, 0.15) is 5.75 Å². The Balaban J connectivity index is 1.50. The van der Waals surface area contributed by atoms with Crippen LogP contribution in [0, 0.1) is 0 Å². The third kappa shape index (κ3) is 8.96. The van der Waals surface area contributed by atoms with E-state index in [0.717, 1.165) is 45.3 Å². The van der Waals surface area contributed by atoms with Crippen LogP contribution in [0.25, 0.3) is 0 Å². The van der Waals surface area contributed by atoms with E-state index in [1.807, 2.05) is 6.07 Å². The number of rotatable bonds is 14. The summed E-state index contributed by atoms with van der Waals surface area (Å²) in [5.74, 6) is 0.0498. The molecule has 2 aromatic carbocycles. The highest BCUT2D eigenvalue weighted by molar-refractivity contribution is 5.36. The van der Waals surface area contributed by atoms with Crippen LogP contribution in [0.15, 0.2) is 48.5 Å². The first-order valence-electron chi connectivity index (χ1n) is 10.6. The van der Waals surface area contributed by atoms with Crippen LogP contribution < -0.4 is 5.32 Å². The van der Waals surface area contributed by atoms with Crippen LogP contribution in [0.2, 0.25) is 0 Å². The zero-order chi connectivity index (χ0) is 20.9. The van der Waals surface area contributed by atoms with E-state index in [1.165, 1.54) is 11.6 Å². The molecule has 0 bridgehead atoms. The molecule has 2 unspecified atom stereocenters. The monoisotopic (exact) mass is 401 g/mol. The number of aliphatic hydroxyl groups is 2. The van der Waals surface area contributed by atoms with E-state index in [1.54, 1.807) is 12.1 Å². The molecule has 0 amide bonds. The van der Waals surface area contributed by atoms with Gasteiger partial charge >= 0.3 is 0 Å². The number of aliphatic hydroxyl groups excluding tert-OH is 2. The molecular formula is C24H35NO4. The molecule has 0 heterocycles. The molecule has 0 aliphatic heterocycles. The third-order valence-electron chi connectivity index (χ3n) is 5.12. The number of unbranched alkanes of at least 4 members (excludes halogenated alkanes) is 2. The Hall–Kier alpha value is -1.92. The number of benzene rings is 2. The van der Waals surface area contributed by atoms with E-state index in [4.69, 9.17) is 4.74 Å². The van der Waals surface area contributed by atoms with Gasteiger partial charge in [-0.05, 0) is 49.4 Å². The first-order chi connectivity index (χ1) is 14.1. The topological polar surface area (TPSA) is 82.0 Å². The van der Waals surface area contributed by atoms with Crippen molar-refractivity contribution in [1.82, 2.24) is 5.32 Å². The molecule has 0 radical (unpaired) electrons. The third-order valence-corrected chi connectivity index (χ3v) is 5.12. The molecule has 0 saturated carbocycles. The lowest BCUT2D eigenvalue weighted by Gasteiger charge is -2.18. The Morgan fingerprint density at radius 2 is 1.79 bits per heavy atom. The van der Waals surface area contributed by atoms with Gasteiger partial charge in [0, 0.05) is 24.8 Å². The molecule has 2 aromatic rings. The minimum atomic E-state index is -0.665. The van der Waals surface area contributed by atoms with Crippen molar-refractivity contribution in [2.75, 3.05) is 19.8 Å². The van der Waals surface area contributed by atoms with Gasteiger partial charge in [-0.3, -0.25) is 0 Å². The molecule has 0 spiro atoms. The van der Waals surface area contributed by atoms with E-state index >= 15 is 0 Å². The standard InChI is InChI=1S/C24H35NO4/c1-19(25-17-24(28)21-11-12-23(27)22(16-21)18-26)8-4-3-7-14-29-15-13-20-9-5-2-6-10-20/h2,5-6,9-12,16,19,24-28H,3-4,7-8,13-15,17-18H2,1H3. The van der Waals surface area contributed by atoms with Crippen LogP contribution in [-0.2, 0) is 17.8 Å². The number of hydrogen-bond donors (Lipinski definition) is 4. The summed E-state index contributed by atoms with van der Waals surface area (Å²) in [7, 11) is 0. The molecule has 5 nitrogen and oxygen atoms in total. The smallest absolute Gasteiger partial charge is 0.121 e. The van der Waals surface area contributed by atoms with E-state index in [-0.39, 0.29) is 12.4 Å². The number of aromatic hydroxyl groups is 1. The highest BCUT2D eigenvalue weighted by atomic mass is 16.5. The normalized spacial score (nSPS) is 13.3. The van der Waals surface area contributed by atoms with Gasteiger partial charge < -0.3 is 25.4 Å². The van der Waals surface area contributed by atoms with Crippen molar-refractivity contribution >= 4 is 0 Å². The largest absolute Gasteiger partial charge is 0.508 e. The van der Waals surface area contributed by atoms with Crippen molar-refractivity contribution in [1.29, 1.82) is 0 Å².